The highest BCUT2D eigenvalue weighted by Gasteiger charge is 2.20. The van der Waals surface area contributed by atoms with Gasteiger partial charge < -0.3 is 4.42 Å². The summed E-state index contributed by atoms with van der Waals surface area (Å²) in [6.07, 6.45) is 9.45. The van der Waals surface area contributed by atoms with Gasteiger partial charge in [-0.25, -0.2) is 15.0 Å². The van der Waals surface area contributed by atoms with Gasteiger partial charge in [0.15, 0.2) is 23.1 Å². The fourth-order valence-corrected chi connectivity index (χ4v) is 8.95. The molecule has 0 bridgehead atoms. The number of allylic oxidation sites excluding steroid dienone is 4. The van der Waals surface area contributed by atoms with Crippen molar-refractivity contribution < 1.29 is 4.42 Å². The van der Waals surface area contributed by atoms with E-state index in [1.165, 1.54) is 0 Å². The quantitative estimate of drug-likeness (QED) is 0.151. The van der Waals surface area contributed by atoms with Gasteiger partial charge in [-0.05, 0) is 42.5 Å². The van der Waals surface area contributed by atoms with E-state index in [-0.39, 0.29) is 0 Å². The van der Waals surface area contributed by atoms with Crippen molar-refractivity contribution in [2.75, 3.05) is 0 Å². The van der Waals surface area contributed by atoms with Crippen molar-refractivity contribution in [1.82, 2.24) is 29.5 Å². The largest absolute Gasteiger partial charge is 0.452 e. The molecular formula is C49H30N6OS. The third-order valence-corrected chi connectivity index (χ3v) is 11.5. The minimum absolute atomic E-state index is 0.569. The molecule has 0 saturated carbocycles. The molecule has 0 aliphatic carbocycles. The number of nitrogens with zero attached hydrogens (tertiary/aromatic N) is 6. The number of para-hydroxylation sites is 3. The molecular weight excluding hydrogens is 721 g/mol. The van der Waals surface area contributed by atoms with Gasteiger partial charge >= 0.3 is 0 Å². The van der Waals surface area contributed by atoms with Crippen molar-refractivity contribution in [2.45, 2.75) is 0 Å². The molecule has 0 saturated heterocycles. The summed E-state index contributed by atoms with van der Waals surface area (Å²) in [6.45, 7) is 3.78. The van der Waals surface area contributed by atoms with Crippen LogP contribution in [0.4, 0.5) is 0 Å². The summed E-state index contributed by atoms with van der Waals surface area (Å²) in [7, 11) is 0. The molecule has 0 fully saturated rings. The van der Waals surface area contributed by atoms with E-state index in [9.17, 15) is 0 Å². The lowest BCUT2D eigenvalue weighted by atomic mass is 10.1. The van der Waals surface area contributed by atoms with Crippen molar-refractivity contribution in [3.63, 3.8) is 0 Å². The Kier molecular flexibility index (Phi) is 7.68. The molecule has 11 rings (SSSR count). The predicted octanol–water partition coefficient (Wildman–Crippen LogP) is 12.8. The summed E-state index contributed by atoms with van der Waals surface area (Å²) in [5, 5.41) is 5.53. The predicted molar refractivity (Wildman–Crippen MR) is 235 cm³/mol. The Morgan fingerprint density at radius 3 is 2.04 bits per heavy atom. The molecule has 7 nitrogen and oxygen atoms in total. The Labute approximate surface area is 330 Å². The Morgan fingerprint density at radius 1 is 0.544 bits per heavy atom. The molecule has 11 aromatic rings. The van der Waals surface area contributed by atoms with Crippen LogP contribution in [0.1, 0.15) is 5.69 Å². The Hall–Kier alpha value is -7.55. The number of aromatic nitrogens is 6. The first kappa shape index (κ1) is 32.8. The first-order valence-electron chi connectivity index (χ1n) is 18.6. The van der Waals surface area contributed by atoms with Crippen molar-refractivity contribution >= 4 is 81.5 Å². The topological polar surface area (TPSA) is 82.5 Å². The van der Waals surface area contributed by atoms with Gasteiger partial charge in [0.05, 0.1) is 11.0 Å². The van der Waals surface area contributed by atoms with Crippen LogP contribution in [-0.4, -0.2) is 29.5 Å². The maximum atomic E-state index is 6.30. The first-order valence-corrected chi connectivity index (χ1v) is 19.4. The monoisotopic (exact) mass is 750 g/mol. The zero-order valence-electron chi connectivity index (χ0n) is 30.4. The molecule has 6 aromatic carbocycles. The lowest BCUT2D eigenvalue weighted by Gasteiger charge is -2.11. The molecule has 57 heavy (non-hydrogen) atoms. The average molecular weight is 751 g/mol. The van der Waals surface area contributed by atoms with Crippen LogP contribution < -0.4 is 0 Å². The molecule has 0 aliphatic heterocycles. The molecule has 0 N–H and O–H groups in total. The average Bonchev–Trinajstić information content (AvgIpc) is 3.95. The number of furan rings is 1. The van der Waals surface area contributed by atoms with Gasteiger partial charge in [-0.1, -0.05) is 134 Å². The smallest absolute Gasteiger partial charge is 0.238 e. The second-order valence-electron chi connectivity index (χ2n) is 13.7. The summed E-state index contributed by atoms with van der Waals surface area (Å²) in [4.78, 5) is 25.6. The highest BCUT2D eigenvalue weighted by atomic mass is 32.1. The van der Waals surface area contributed by atoms with Gasteiger partial charge in [-0.3, -0.25) is 4.57 Å². The fraction of sp³-hybridized carbons (Fsp3) is 0. The van der Waals surface area contributed by atoms with Crippen LogP contribution in [0.25, 0.3) is 110 Å². The third kappa shape index (κ3) is 5.45. The van der Waals surface area contributed by atoms with E-state index in [0.717, 1.165) is 75.2 Å². The Bertz CT molecular complexity index is 3390. The lowest BCUT2D eigenvalue weighted by molar-refractivity contribution is 0.664. The highest BCUT2D eigenvalue weighted by molar-refractivity contribution is 7.26. The summed E-state index contributed by atoms with van der Waals surface area (Å²) in [5.74, 6) is 2.42. The Balaban J connectivity index is 1.09. The third-order valence-electron chi connectivity index (χ3n) is 10.3. The standard InChI is InChI=1S/C49H30N6OS/c1-2-3-4-8-23-38-44-43(36-20-11-14-26-41(36)56-44)51-48(50-38)37-22-15-21-35-34-28-27-31(29-42(34)57-45(35)37)47-52-46(30-16-6-5-7-17-30)53-49(54-47)55-39-24-12-9-18-32(39)33-19-10-13-25-40(33)55/h2-29H,1H2/b4-3-,23-8+. The van der Waals surface area contributed by atoms with Crippen molar-refractivity contribution in [3.05, 3.63) is 176 Å². The maximum absolute atomic E-state index is 6.30. The van der Waals surface area contributed by atoms with Gasteiger partial charge in [-0.2, -0.15) is 9.97 Å². The summed E-state index contributed by atoms with van der Waals surface area (Å²) < 4.78 is 10.7. The van der Waals surface area contributed by atoms with Crippen LogP contribution in [0.2, 0.25) is 0 Å². The van der Waals surface area contributed by atoms with Crippen LogP contribution in [0, 0.1) is 0 Å². The van der Waals surface area contributed by atoms with Gasteiger partial charge in [0, 0.05) is 53.0 Å². The molecule has 0 radical (unpaired) electrons. The van der Waals surface area contributed by atoms with Crippen molar-refractivity contribution in [1.29, 1.82) is 0 Å². The number of hydrogen-bond acceptors (Lipinski definition) is 7. The van der Waals surface area contributed by atoms with E-state index in [1.807, 2.05) is 78.9 Å². The van der Waals surface area contributed by atoms with Gasteiger partial charge in [0.1, 0.15) is 16.8 Å². The first-order chi connectivity index (χ1) is 28.2. The zero-order chi connectivity index (χ0) is 37.9. The fourth-order valence-electron chi connectivity index (χ4n) is 7.70. The van der Waals surface area contributed by atoms with Crippen LogP contribution in [-0.2, 0) is 0 Å². The van der Waals surface area contributed by atoms with Crippen molar-refractivity contribution in [2.24, 2.45) is 0 Å². The molecule has 268 valence electrons. The summed E-state index contributed by atoms with van der Waals surface area (Å²) >= 11 is 1.72. The molecule has 0 atom stereocenters. The van der Waals surface area contributed by atoms with Gasteiger partial charge in [0.2, 0.25) is 5.95 Å². The number of rotatable bonds is 7. The van der Waals surface area contributed by atoms with E-state index < -0.39 is 0 Å². The SMILES string of the molecule is C=C/C=C\C=C\c1nc(-c2cccc3c2sc2cc(-c4nc(-c5ccccc5)nc(-n5c6ccccc6c6ccccc65)n4)ccc23)nc2c1oc1ccccc12. The number of thiophene rings is 1. The molecule has 0 spiro atoms. The van der Waals surface area contributed by atoms with Crippen LogP contribution in [0.5, 0.6) is 0 Å². The molecule has 0 amide bonds. The normalized spacial score (nSPS) is 12.1. The molecule has 5 aromatic heterocycles. The second-order valence-corrected chi connectivity index (χ2v) is 14.8. The minimum Gasteiger partial charge on any atom is -0.452 e. The Morgan fingerprint density at radius 2 is 1.25 bits per heavy atom. The number of fused-ring (bicyclic) bond motifs is 9. The molecule has 8 heteroatoms. The van der Waals surface area contributed by atoms with Crippen molar-refractivity contribution in [3.8, 4) is 40.1 Å². The van der Waals surface area contributed by atoms with Gasteiger partial charge in [-0.15, -0.1) is 11.3 Å². The summed E-state index contributed by atoms with van der Waals surface area (Å²) in [5.41, 5.74) is 7.79. The van der Waals surface area contributed by atoms with Crippen LogP contribution >= 0.6 is 11.3 Å². The van der Waals surface area contributed by atoms with E-state index in [0.29, 0.717) is 34.7 Å². The van der Waals surface area contributed by atoms with Crippen LogP contribution in [0.15, 0.2) is 175 Å². The molecule has 0 aliphatic rings. The minimum atomic E-state index is 0.569. The highest BCUT2D eigenvalue weighted by Crippen LogP contribution is 2.42. The maximum Gasteiger partial charge on any atom is 0.238 e. The lowest BCUT2D eigenvalue weighted by Crippen LogP contribution is -2.06. The van der Waals surface area contributed by atoms with Gasteiger partial charge in [0.25, 0.3) is 0 Å². The van der Waals surface area contributed by atoms with E-state index >= 15 is 0 Å². The summed E-state index contributed by atoms with van der Waals surface area (Å²) in [6, 6.07) is 47.7. The van der Waals surface area contributed by atoms with E-state index in [4.69, 9.17) is 29.3 Å². The van der Waals surface area contributed by atoms with E-state index in [1.54, 1.807) is 17.4 Å². The molecule has 5 heterocycles. The number of benzene rings is 6. The second kappa shape index (κ2) is 13.3. The molecule has 0 unspecified atom stereocenters. The van der Waals surface area contributed by atoms with E-state index in [2.05, 4.69) is 96.1 Å². The number of hydrogen-bond donors (Lipinski definition) is 0. The zero-order valence-corrected chi connectivity index (χ0v) is 31.2. The van der Waals surface area contributed by atoms with Crippen LogP contribution in [0.3, 0.4) is 0 Å².